The van der Waals surface area contributed by atoms with Crippen molar-refractivity contribution in [2.75, 3.05) is 26.2 Å². The molecule has 0 radical (unpaired) electrons. The molecule has 0 aliphatic heterocycles. The maximum absolute atomic E-state index is 11.8. The molecule has 0 aromatic rings. The molecule has 0 aliphatic rings. The van der Waals surface area contributed by atoms with Gasteiger partial charge in [-0.1, -0.05) is 27.7 Å². The molecule has 98 valence electrons. The van der Waals surface area contributed by atoms with Crippen LogP contribution in [0.15, 0.2) is 0 Å². The van der Waals surface area contributed by atoms with Crippen LogP contribution in [0.4, 0.5) is 0 Å². The second-order valence-corrected chi connectivity index (χ2v) is 6.37. The minimum absolute atomic E-state index is 0.102. The van der Waals surface area contributed by atoms with Crippen LogP contribution in [0.5, 0.6) is 0 Å². The van der Waals surface area contributed by atoms with Crippen LogP contribution in [0.2, 0.25) is 0 Å². The normalized spacial score (nSPS) is 13.4. The summed E-state index contributed by atoms with van der Waals surface area (Å²) in [5.41, 5.74) is 5.38. The van der Waals surface area contributed by atoms with Crippen molar-refractivity contribution in [2.45, 2.75) is 34.1 Å². The van der Waals surface area contributed by atoms with Gasteiger partial charge in [-0.3, -0.25) is 0 Å². The fourth-order valence-corrected chi connectivity index (χ4v) is 2.86. The largest absolute Gasteiger partial charge is 0.330 e. The Labute approximate surface area is 99.6 Å². The zero-order valence-corrected chi connectivity index (χ0v) is 11.6. The molecule has 0 aliphatic carbocycles. The molecule has 0 heterocycles. The monoisotopic (exact) mass is 251 g/mol. The molecule has 0 rings (SSSR count). The van der Waals surface area contributed by atoms with Crippen molar-refractivity contribution in [1.82, 2.24) is 9.03 Å². The third-order valence-electron chi connectivity index (χ3n) is 2.60. The van der Waals surface area contributed by atoms with Crippen molar-refractivity contribution >= 4 is 10.2 Å². The molecule has 0 fully saturated rings. The van der Waals surface area contributed by atoms with Crippen LogP contribution in [0.3, 0.4) is 0 Å². The standard InChI is InChI=1S/C10H25N3O2S/c1-5-13(6-2)16(14,15)12-9-10(3,4)7-8-11/h12H,5-9,11H2,1-4H3. The average Bonchev–Trinajstić information content (AvgIpc) is 2.17. The fraction of sp³-hybridized carbons (Fsp3) is 1.00. The van der Waals surface area contributed by atoms with Crippen molar-refractivity contribution in [2.24, 2.45) is 11.1 Å². The first-order valence-corrected chi connectivity index (χ1v) is 7.18. The first-order valence-electron chi connectivity index (χ1n) is 5.74. The lowest BCUT2D eigenvalue weighted by molar-refractivity contribution is 0.333. The number of hydrogen-bond acceptors (Lipinski definition) is 3. The highest BCUT2D eigenvalue weighted by Gasteiger charge is 2.23. The highest BCUT2D eigenvalue weighted by molar-refractivity contribution is 7.87. The van der Waals surface area contributed by atoms with E-state index >= 15 is 0 Å². The van der Waals surface area contributed by atoms with Gasteiger partial charge in [-0.05, 0) is 18.4 Å². The number of nitrogens with one attached hydrogen (secondary N) is 1. The van der Waals surface area contributed by atoms with E-state index in [4.69, 9.17) is 5.73 Å². The molecule has 0 atom stereocenters. The SMILES string of the molecule is CCN(CC)S(=O)(=O)NCC(C)(C)CCN. The summed E-state index contributed by atoms with van der Waals surface area (Å²) in [6.45, 7) is 9.63. The van der Waals surface area contributed by atoms with Crippen molar-refractivity contribution in [3.8, 4) is 0 Å². The Morgan fingerprint density at radius 1 is 1.25 bits per heavy atom. The summed E-state index contributed by atoms with van der Waals surface area (Å²) in [5.74, 6) is 0. The molecule has 0 unspecified atom stereocenters. The molecule has 0 amide bonds. The smallest absolute Gasteiger partial charge is 0.279 e. The molecule has 0 saturated heterocycles. The molecule has 0 spiro atoms. The number of nitrogens with zero attached hydrogens (tertiary/aromatic N) is 1. The van der Waals surface area contributed by atoms with E-state index in [2.05, 4.69) is 4.72 Å². The van der Waals surface area contributed by atoms with Gasteiger partial charge in [0.2, 0.25) is 0 Å². The average molecular weight is 251 g/mol. The van der Waals surface area contributed by atoms with Gasteiger partial charge in [0, 0.05) is 19.6 Å². The van der Waals surface area contributed by atoms with Gasteiger partial charge in [-0.15, -0.1) is 0 Å². The van der Waals surface area contributed by atoms with Gasteiger partial charge >= 0.3 is 0 Å². The number of hydrogen-bond donors (Lipinski definition) is 2. The second kappa shape index (κ2) is 6.54. The Balaban J connectivity index is 4.39. The van der Waals surface area contributed by atoms with Gasteiger partial charge in [-0.25, -0.2) is 4.72 Å². The van der Waals surface area contributed by atoms with Crippen LogP contribution < -0.4 is 10.5 Å². The summed E-state index contributed by atoms with van der Waals surface area (Å²) in [5, 5.41) is 0. The Morgan fingerprint density at radius 2 is 1.75 bits per heavy atom. The van der Waals surface area contributed by atoms with Crippen LogP contribution in [0, 0.1) is 5.41 Å². The zero-order valence-electron chi connectivity index (χ0n) is 10.8. The van der Waals surface area contributed by atoms with Crippen molar-refractivity contribution in [3.63, 3.8) is 0 Å². The number of rotatable bonds is 8. The van der Waals surface area contributed by atoms with Crippen LogP contribution in [0.1, 0.15) is 34.1 Å². The lowest BCUT2D eigenvalue weighted by atomic mass is 9.90. The fourth-order valence-electron chi connectivity index (χ4n) is 1.42. The van der Waals surface area contributed by atoms with E-state index < -0.39 is 10.2 Å². The Morgan fingerprint density at radius 3 is 2.12 bits per heavy atom. The molecule has 0 bridgehead atoms. The van der Waals surface area contributed by atoms with Crippen molar-refractivity contribution < 1.29 is 8.42 Å². The summed E-state index contributed by atoms with van der Waals surface area (Å²) in [6.07, 6.45) is 0.799. The molecule has 5 nitrogen and oxygen atoms in total. The van der Waals surface area contributed by atoms with Crippen LogP contribution in [-0.2, 0) is 10.2 Å². The first kappa shape index (κ1) is 15.8. The Hall–Kier alpha value is -0.170. The molecule has 16 heavy (non-hydrogen) atoms. The van der Waals surface area contributed by atoms with Crippen LogP contribution in [0.25, 0.3) is 0 Å². The van der Waals surface area contributed by atoms with Gasteiger partial charge in [-0.2, -0.15) is 12.7 Å². The quantitative estimate of drug-likeness (QED) is 0.661. The maximum Gasteiger partial charge on any atom is 0.279 e. The molecular formula is C10H25N3O2S. The first-order chi connectivity index (χ1) is 7.29. The van der Waals surface area contributed by atoms with E-state index in [-0.39, 0.29) is 5.41 Å². The number of nitrogens with two attached hydrogens (primary N) is 1. The van der Waals surface area contributed by atoms with Gasteiger partial charge in [0.15, 0.2) is 0 Å². The van der Waals surface area contributed by atoms with Gasteiger partial charge in [0.1, 0.15) is 0 Å². The molecule has 0 aromatic carbocycles. The van der Waals surface area contributed by atoms with Crippen LogP contribution >= 0.6 is 0 Å². The predicted octanol–water partition coefficient (Wildman–Crippen LogP) is 0.538. The summed E-state index contributed by atoms with van der Waals surface area (Å²) >= 11 is 0. The van der Waals surface area contributed by atoms with E-state index in [1.54, 1.807) is 0 Å². The van der Waals surface area contributed by atoms with Gasteiger partial charge in [0.05, 0.1) is 0 Å². The van der Waals surface area contributed by atoms with Crippen molar-refractivity contribution in [3.05, 3.63) is 0 Å². The Kier molecular flexibility index (Phi) is 6.47. The molecule has 3 N–H and O–H groups in total. The molecule has 0 saturated carbocycles. The third kappa shape index (κ3) is 5.25. The second-order valence-electron chi connectivity index (χ2n) is 4.61. The maximum atomic E-state index is 11.8. The van der Waals surface area contributed by atoms with Gasteiger partial charge in [0.25, 0.3) is 10.2 Å². The van der Waals surface area contributed by atoms with E-state index in [9.17, 15) is 8.42 Å². The Bertz CT molecular complexity index is 284. The topological polar surface area (TPSA) is 75.4 Å². The zero-order chi connectivity index (χ0) is 12.8. The summed E-state index contributed by atoms with van der Waals surface area (Å²) in [4.78, 5) is 0. The predicted molar refractivity (Wildman–Crippen MR) is 67.3 cm³/mol. The van der Waals surface area contributed by atoms with Crippen LogP contribution in [-0.4, -0.2) is 38.9 Å². The summed E-state index contributed by atoms with van der Waals surface area (Å²) in [7, 11) is -3.33. The molecular weight excluding hydrogens is 226 g/mol. The highest BCUT2D eigenvalue weighted by Crippen LogP contribution is 2.18. The molecule has 6 heteroatoms. The highest BCUT2D eigenvalue weighted by atomic mass is 32.2. The van der Waals surface area contributed by atoms with E-state index in [0.29, 0.717) is 26.2 Å². The minimum atomic E-state index is -3.33. The van der Waals surface area contributed by atoms with Crippen molar-refractivity contribution in [1.29, 1.82) is 0 Å². The van der Waals surface area contributed by atoms with E-state index in [1.807, 2.05) is 27.7 Å². The van der Waals surface area contributed by atoms with E-state index in [0.717, 1.165) is 6.42 Å². The van der Waals surface area contributed by atoms with Gasteiger partial charge < -0.3 is 5.73 Å². The lowest BCUT2D eigenvalue weighted by Crippen LogP contribution is -2.44. The minimum Gasteiger partial charge on any atom is -0.330 e. The van der Waals surface area contributed by atoms with E-state index in [1.165, 1.54) is 4.31 Å². The summed E-state index contributed by atoms with van der Waals surface area (Å²) in [6, 6.07) is 0. The lowest BCUT2D eigenvalue weighted by Gasteiger charge is -2.26. The summed E-state index contributed by atoms with van der Waals surface area (Å²) < 4.78 is 27.7. The third-order valence-corrected chi connectivity index (χ3v) is 4.30. The molecule has 0 aromatic heterocycles.